The molecule has 2 aromatic rings. The fourth-order valence-electron chi connectivity index (χ4n) is 1.75. The number of nitriles is 1. The van der Waals surface area contributed by atoms with Crippen LogP contribution < -0.4 is 4.18 Å². The molecule has 5 heteroatoms. The van der Waals surface area contributed by atoms with E-state index in [0.29, 0.717) is 16.9 Å². The van der Waals surface area contributed by atoms with E-state index in [4.69, 9.17) is 9.44 Å². The summed E-state index contributed by atoms with van der Waals surface area (Å²) < 4.78 is 29.1. The second kappa shape index (κ2) is 5.76. The first-order valence-electron chi connectivity index (χ1n) is 5.97. The van der Waals surface area contributed by atoms with E-state index in [2.05, 4.69) is 0 Å². The summed E-state index contributed by atoms with van der Waals surface area (Å²) in [4.78, 5) is 0. The molecule has 0 aromatic heterocycles. The number of benzene rings is 2. The van der Waals surface area contributed by atoms with Crippen LogP contribution in [0.1, 0.15) is 16.7 Å². The maximum Gasteiger partial charge on any atom is 0.313 e. The van der Waals surface area contributed by atoms with Crippen molar-refractivity contribution in [2.75, 3.05) is 0 Å². The van der Waals surface area contributed by atoms with Crippen LogP contribution in [-0.4, -0.2) is 8.42 Å². The summed E-state index contributed by atoms with van der Waals surface area (Å²) in [6.07, 6.45) is 0. The molecule has 0 radical (unpaired) electrons. The molecule has 2 rings (SSSR count). The van der Waals surface area contributed by atoms with Crippen LogP contribution in [0.25, 0.3) is 0 Å². The van der Waals surface area contributed by atoms with Gasteiger partial charge in [0.05, 0.1) is 11.6 Å². The van der Waals surface area contributed by atoms with E-state index in [1.165, 1.54) is 0 Å². The molecule has 0 aliphatic carbocycles. The first kappa shape index (κ1) is 14.1. The van der Waals surface area contributed by atoms with E-state index in [1.807, 2.05) is 12.1 Å². The van der Waals surface area contributed by atoms with Gasteiger partial charge in [-0.05, 0) is 36.2 Å². The Hall–Kier alpha value is -2.32. The van der Waals surface area contributed by atoms with Gasteiger partial charge in [0.15, 0.2) is 0 Å². The topological polar surface area (TPSA) is 67.2 Å². The average Bonchev–Trinajstić information content (AvgIpc) is 2.41. The Kier molecular flexibility index (Phi) is 4.06. The molecular formula is C15H13NO3S. The number of rotatable bonds is 4. The highest BCUT2D eigenvalue weighted by Crippen LogP contribution is 2.20. The molecule has 0 spiro atoms. The number of para-hydroxylation sites is 1. The predicted molar refractivity (Wildman–Crippen MR) is 75.6 cm³/mol. The van der Waals surface area contributed by atoms with Crippen LogP contribution in [0.3, 0.4) is 0 Å². The van der Waals surface area contributed by atoms with Gasteiger partial charge in [0, 0.05) is 0 Å². The summed E-state index contributed by atoms with van der Waals surface area (Å²) in [5, 5.41) is 8.80. The average molecular weight is 287 g/mol. The monoisotopic (exact) mass is 287 g/mol. The van der Waals surface area contributed by atoms with Gasteiger partial charge in [-0.2, -0.15) is 13.7 Å². The summed E-state index contributed by atoms with van der Waals surface area (Å²) >= 11 is 0. The van der Waals surface area contributed by atoms with Crippen molar-refractivity contribution < 1.29 is 12.6 Å². The van der Waals surface area contributed by atoms with E-state index in [1.54, 1.807) is 49.4 Å². The Balaban J connectivity index is 2.20. The molecule has 0 amide bonds. The zero-order valence-electron chi connectivity index (χ0n) is 10.9. The normalized spacial score (nSPS) is 10.8. The minimum absolute atomic E-state index is 0.267. The first-order chi connectivity index (χ1) is 9.50. The molecule has 102 valence electrons. The second-order valence-electron chi connectivity index (χ2n) is 4.36. The molecule has 0 bridgehead atoms. The van der Waals surface area contributed by atoms with Crippen LogP contribution in [-0.2, 0) is 15.9 Å². The third-order valence-corrected chi connectivity index (χ3v) is 3.83. The maximum atomic E-state index is 12.0. The lowest BCUT2D eigenvalue weighted by Crippen LogP contribution is -2.12. The molecular weight excluding hydrogens is 274 g/mol. The number of hydrogen-bond donors (Lipinski definition) is 0. The molecule has 0 aliphatic heterocycles. The van der Waals surface area contributed by atoms with Gasteiger partial charge in [-0.15, -0.1) is 0 Å². The molecule has 0 fully saturated rings. The molecule has 0 aliphatic rings. The zero-order valence-corrected chi connectivity index (χ0v) is 11.7. The Labute approximate surface area is 118 Å². The SMILES string of the molecule is Cc1ccccc1OS(=O)(=O)Cc1cccc(C#N)c1. The smallest absolute Gasteiger partial charge is 0.313 e. The van der Waals surface area contributed by atoms with Gasteiger partial charge >= 0.3 is 10.1 Å². The number of hydrogen-bond acceptors (Lipinski definition) is 4. The fraction of sp³-hybridized carbons (Fsp3) is 0.133. The third kappa shape index (κ3) is 3.59. The predicted octanol–water partition coefficient (Wildman–Crippen LogP) is 2.78. The van der Waals surface area contributed by atoms with Crippen molar-refractivity contribution in [1.29, 1.82) is 5.26 Å². The van der Waals surface area contributed by atoms with Crippen molar-refractivity contribution in [3.05, 3.63) is 65.2 Å². The molecule has 20 heavy (non-hydrogen) atoms. The lowest BCUT2D eigenvalue weighted by molar-refractivity contribution is 0.483. The van der Waals surface area contributed by atoms with Crippen LogP contribution in [0, 0.1) is 18.3 Å². The minimum atomic E-state index is -3.74. The second-order valence-corrected chi connectivity index (χ2v) is 5.93. The summed E-state index contributed by atoms with van der Waals surface area (Å²) in [7, 11) is -3.74. The fourth-order valence-corrected chi connectivity index (χ4v) is 2.86. The van der Waals surface area contributed by atoms with Crippen molar-refractivity contribution in [2.24, 2.45) is 0 Å². The van der Waals surface area contributed by atoms with Crippen molar-refractivity contribution in [3.8, 4) is 11.8 Å². The lowest BCUT2D eigenvalue weighted by atomic mass is 10.2. The summed E-state index contributed by atoms with van der Waals surface area (Å²) in [6, 6.07) is 15.4. The Bertz CT molecular complexity index is 761. The van der Waals surface area contributed by atoms with Gasteiger partial charge in [-0.1, -0.05) is 30.3 Å². The molecule has 0 atom stereocenters. The zero-order chi connectivity index (χ0) is 14.6. The Morgan fingerprint density at radius 1 is 1.15 bits per heavy atom. The van der Waals surface area contributed by atoms with E-state index < -0.39 is 10.1 Å². The van der Waals surface area contributed by atoms with Gasteiger partial charge in [-0.3, -0.25) is 0 Å². The maximum absolute atomic E-state index is 12.0. The van der Waals surface area contributed by atoms with E-state index in [9.17, 15) is 8.42 Å². The van der Waals surface area contributed by atoms with Crippen LogP contribution in [0.2, 0.25) is 0 Å². The number of aryl methyl sites for hydroxylation is 1. The van der Waals surface area contributed by atoms with Crippen LogP contribution in [0.4, 0.5) is 0 Å². The van der Waals surface area contributed by atoms with Crippen molar-refractivity contribution in [2.45, 2.75) is 12.7 Å². The summed E-state index contributed by atoms with van der Waals surface area (Å²) in [5.41, 5.74) is 1.70. The van der Waals surface area contributed by atoms with Crippen LogP contribution in [0.5, 0.6) is 5.75 Å². The van der Waals surface area contributed by atoms with Gasteiger partial charge in [0.1, 0.15) is 11.5 Å². The Morgan fingerprint density at radius 3 is 2.60 bits per heavy atom. The van der Waals surface area contributed by atoms with Crippen LogP contribution in [0.15, 0.2) is 48.5 Å². The molecule has 0 saturated carbocycles. The molecule has 2 aromatic carbocycles. The van der Waals surface area contributed by atoms with Gasteiger partial charge < -0.3 is 4.18 Å². The van der Waals surface area contributed by atoms with E-state index in [0.717, 1.165) is 5.56 Å². The molecule has 0 unspecified atom stereocenters. The lowest BCUT2D eigenvalue weighted by Gasteiger charge is -2.09. The van der Waals surface area contributed by atoms with Crippen molar-refractivity contribution >= 4 is 10.1 Å². The molecule has 0 N–H and O–H groups in total. The summed E-state index contributed by atoms with van der Waals surface area (Å²) in [6.45, 7) is 1.78. The quantitative estimate of drug-likeness (QED) is 0.811. The largest absolute Gasteiger partial charge is 0.382 e. The van der Waals surface area contributed by atoms with Gasteiger partial charge in [0.2, 0.25) is 0 Å². The molecule has 0 saturated heterocycles. The summed E-state index contributed by atoms with van der Waals surface area (Å²) in [5.74, 6) is 0.0561. The van der Waals surface area contributed by atoms with Crippen LogP contribution >= 0.6 is 0 Å². The number of nitrogens with zero attached hydrogens (tertiary/aromatic N) is 1. The molecule has 0 heterocycles. The van der Waals surface area contributed by atoms with E-state index >= 15 is 0 Å². The Morgan fingerprint density at radius 2 is 1.90 bits per heavy atom. The highest BCUT2D eigenvalue weighted by atomic mass is 32.2. The highest BCUT2D eigenvalue weighted by Gasteiger charge is 2.15. The molecule has 4 nitrogen and oxygen atoms in total. The van der Waals surface area contributed by atoms with Crippen molar-refractivity contribution in [3.63, 3.8) is 0 Å². The van der Waals surface area contributed by atoms with Crippen molar-refractivity contribution in [1.82, 2.24) is 0 Å². The third-order valence-electron chi connectivity index (χ3n) is 2.71. The van der Waals surface area contributed by atoms with E-state index in [-0.39, 0.29) is 5.75 Å². The minimum Gasteiger partial charge on any atom is -0.382 e. The van der Waals surface area contributed by atoms with Gasteiger partial charge in [0.25, 0.3) is 0 Å². The highest BCUT2D eigenvalue weighted by molar-refractivity contribution is 7.86. The van der Waals surface area contributed by atoms with Gasteiger partial charge in [-0.25, -0.2) is 0 Å². The standard InChI is InChI=1S/C15H13NO3S/c1-12-5-2-3-8-15(12)19-20(17,18)11-14-7-4-6-13(9-14)10-16/h2-9H,11H2,1H3. The first-order valence-corrected chi connectivity index (χ1v) is 7.55.